The number of carbonyl (C=O) groups excluding carboxylic acids is 2. The molecule has 0 bridgehead atoms. The molecule has 0 spiro atoms. The van der Waals surface area contributed by atoms with Gasteiger partial charge in [0.25, 0.3) is 0 Å². The van der Waals surface area contributed by atoms with Crippen molar-refractivity contribution in [3.05, 3.63) is 70.8 Å². The van der Waals surface area contributed by atoms with Crippen LogP contribution < -0.4 is 0 Å². The summed E-state index contributed by atoms with van der Waals surface area (Å²) in [5.74, 6) is -0.694. The Hall–Kier alpha value is -1.68. The minimum absolute atomic E-state index is 0.191. The minimum atomic E-state index is -3.10. The Bertz CT molecular complexity index is 995. The van der Waals surface area contributed by atoms with E-state index in [4.69, 9.17) is 22.6 Å². The lowest BCUT2D eigenvalue weighted by molar-refractivity contribution is 0.0592. The Balaban J connectivity index is 0.000000627. The van der Waals surface area contributed by atoms with Crippen LogP contribution in [0.3, 0.4) is 0 Å². The average Bonchev–Trinajstić information content (AvgIpc) is 2.98. The lowest BCUT2D eigenvalue weighted by Gasteiger charge is -2.16. The van der Waals surface area contributed by atoms with Crippen LogP contribution in [0.15, 0.2) is 48.5 Å². The Morgan fingerprint density at radius 3 is 1.32 bits per heavy atom. The molecule has 41 heavy (non-hydrogen) atoms. The summed E-state index contributed by atoms with van der Waals surface area (Å²) >= 11 is 3.32. The maximum absolute atomic E-state index is 12.3. The molecule has 10 nitrogen and oxygen atoms in total. The first-order valence-corrected chi connectivity index (χ1v) is 17.1. The number of alkyl halides is 1. The molecule has 13 heteroatoms. The Morgan fingerprint density at radius 1 is 0.659 bits per heavy atom. The van der Waals surface area contributed by atoms with E-state index < -0.39 is 22.2 Å². The normalized spacial score (nSPS) is 10.7. The molecular weight excluding hydrogens is 638 g/mol. The highest BCUT2D eigenvalue weighted by Crippen LogP contribution is 2.51. The highest BCUT2D eigenvalue weighted by atomic mass is 79.9. The monoisotopic (exact) mass is 680 g/mol. The van der Waals surface area contributed by atoms with Gasteiger partial charge in [-0.1, -0.05) is 40.2 Å². The van der Waals surface area contributed by atoms with Crippen LogP contribution in [0.2, 0.25) is 0 Å². The number of rotatable bonds is 15. The van der Waals surface area contributed by atoms with Gasteiger partial charge in [-0.15, -0.1) is 0 Å². The molecule has 0 unspecified atom stereocenters. The number of hydrogen-bond acceptors (Lipinski definition) is 10. The van der Waals surface area contributed by atoms with Crippen molar-refractivity contribution in [2.75, 3.05) is 47.3 Å². The van der Waals surface area contributed by atoms with Crippen LogP contribution in [0.4, 0.5) is 0 Å². The smallest absolute Gasteiger partial charge is 0.337 e. The van der Waals surface area contributed by atoms with E-state index in [2.05, 4.69) is 25.4 Å². The highest BCUT2D eigenvalue weighted by Gasteiger charge is 2.24. The van der Waals surface area contributed by atoms with Crippen molar-refractivity contribution in [1.82, 2.24) is 0 Å². The first-order valence-electron chi connectivity index (χ1n) is 13.1. The van der Waals surface area contributed by atoms with Crippen molar-refractivity contribution in [3.63, 3.8) is 0 Å². The van der Waals surface area contributed by atoms with Crippen molar-refractivity contribution in [2.45, 2.75) is 46.1 Å². The molecule has 0 aliphatic heterocycles. The van der Waals surface area contributed by atoms with Crippen molar-refractivity contribution >= 4 is 44.1 Å². The van der Waals surface area contributed by atoms with E-state index in [1.54, 1.807) is 50.2 Å². The fourth-order valence-corrected chi connectivity index (χ4v) is 5.82. The van der Waals surface area contributed by atoms with E-state index in [0.29, 0.717) is 44.2 Å². The van der Waals surface area contributed by atoms with Crippen LogP contribution in [0, 0.1) is 0 Å². The van der Waals surface area contributed by atoms with E-state index in [9.17, 15) is 14.2 Å². The molecule has 0 N–H and O–H groups in total. The van der Waals surface area contributed by atoms with Gasteiger partial charge in [-0.3, -0.25) is 4.57 Å². The maximum Gasteiger partial charge on any atom is 0.337 e. The number of benzene rings is 2. The number of methoxy groups -OCH3 is 2. The van der Waals surface area contributed by atoms with Crippen molar-refractivity contribution in [2.24, 2.45) is 0 Å². The standard InChI is InChI=1S/C13H19O5P.C9H9BrO2.C6H15O3P/c1-4-17-19(15,18-5-2)10-11-6-8-12(9-7-11)13(14)16-3;1-12-9(11)8-4-2-7(6-10)3-5-8;1-4-7-10(8-5-2)9-6-3/h6-9H,4-5,10H2,1-3H3;2-5H,6H2,1H3;4-6H2,1-3H3. The van der Waals surface area contributed by atoms with E-state index >= 15 is 0 Å². The van der Waals surface area contributed by atoms with Gasteiger partial charge in [0, 0.05) is 5.33 Å². The molecule has 2 rings (SSSR count). The summed E-state index contributed by atoms with van der Waals surface area (Å²) in [6.45, 7) is 11.9. The fourth-order valence-electron chi connectivity index (χ4n) is 2.89. The second-order valence-electron chi connectivity index (χ2n) is 7.59. The SMILES string of the molecule is CCOP(=O)(Cc1ccc(C(=O)OC)cc1)OCC.CCOP(OCC)OCC.COC(=O)c1ccc(CBr)cc1. The zero-order valence-corrected chi connectivity index (χ0v) is 28.3. The summed E-state index contributed by atoms with van der Waals surface area (Å²) in [6, 6.07) is 14.0. The quantitative estimate of drug-likeness (QED) is 0.104. The third-order valence-corrected chi connectivity index (χ3v) is 8.75. The van der Waals surface area contributed by atoms with Gasteiger partial charge in [0.1, 0.15) is 0 Å². The molecule has 232 valence electrons. The number of hydrogen-bond donors (Lipinski definition) is 0. The van der Waals surface area contributed by atoms with Gasteiger partial charge in [-0.05, 0) is 70.0 Å². The number of carbonyl (C=O) groups is 2. The zero-order valence-electron chi connectivity index (χ0n) is 24.9. The Kier molecular flexibility index (Phi) is 22.9. The summed E-state index contributed by atoms with van der Waals surface area (Å²) in [6.07, 6.45) is 0.191. The van der Waals surface area contributed by atoms with E-state index in [-0.39, 0.29) is 12.1 Å². The molecule has 0 aliphatic rings. The first kappa shape index (κ1) is 39.3. The summed E-state index contributed by atoms with van der Waals surface area (Å²) in [5.41, 5.74) is 2.97. The van der Waals surface area contributed by atoms with E-state index in [0.717, 1.165) is 16.5 Å². The molecule has 2 aromatic rings. The second-order valence-corrected chi connectivity index (χ2v) is 11.4. The van der Waals surface area contributed by atoms with Gasteiger partial charge in [-0.25, -0.2) is 9.59 Å². The Morgan fingerprint density at radius 2 is 1.02 bits per heavy atom. The minimum Gasteiger partial charge on any atom is -0.465 e. The van der Waals surface area contributed by atoms with Crippen LogP contribution in [0.1, 0.15) is 66.5 Å². The molecule has 0 atom stereocenters. The summed E-state index contributed by atoms with van der Waals surface area (Å²) in [7, 11) is -1.46. The lowest BCUT2D eigenvalue weighted by atomic mass is 10.1. The first-order chi connectivity index (χ1) is 19.7. The van der Waals surface area contributed by atoms with Crippen LogP contribution in [0.25, 0.3) is 0 Å². The highest BCUT2D eigenvalue weighted by molar-refractivity contribution is 9.08. The van der Waals surface area contributed by atoms with Crippen molar-refractivity contribution in [3.8, 4) is 0 Å². The van der Waals surface area contributed by atoms with Gasteiger partial charge in [-0.2, -0.15) is 0 Å². The topological polar surface area (TPSA) is 116 Å². The van der Waals surface area contributed by atoms with Gasteiger partial charge in [0.15, 0.2) is 0 Å². The van der Waals surface area contributed by atoms with Crippen LogP contribution in [0.5, 0.6) is 0 Å². The van der Waals surface area contributed by atoms with E-state index in [1.807, 2.05) is 32.9 Å². The predicted molar refractivity (Wildman–Crippen MR) is 165 cm³/mol. The van der Waals surface area contributed by atoms with Crippen LogP contribution in [-0.2, 0) is 48.1 Å². The summed E-state index contributed by atoms with van der Waals surface area (Å²) < 4.78 is 47.3. The van der Waals surface area contributed by atoms with Crippen LogP contribution >= 0.6 is 32.1 Å². The molecule has 2 aromatic carbocycles. The largest absolute Gasteiger partial charge is 0.465 e. The van der Waals surface area contributed by atoms with Crippen molar-refractivity contribution < 1.29 is 46.2 Å². The molecule has 0 amide bonds. The fraction of sp³-hybridized carbons (Fsp3) is 0.500. The molecule has 0 saturated heterocycles. The molecule has 0 heterocycles. The molecule has 0 aromatic heterocycles. The summed E-state index contributed by atoms with van der Waals surface area (Å²) in [4.78, 5) is 22.3. The Labute approximate surface area is 254 Å². The van der Waals surface area contributed by atoms with Gasteiger partial charge in [0.05, 0.1) is 64.5 Å². The molecule has 0 aliphatic carbocycles. The average molecular weight is 681 g/mol. The molecule has 0 saturated carbocycles. The third kappa shape index (κ3) is 17.1. The number of halogens is 1. The van der Waals surface area contributed by atoms with Crippen LogP contribution in [-0.4, -0.2) is 59.2 Å². The lowest BCUT2D eigenvalue weighted by Crippen LogP contribution is -2.02. The third-order valence-electron chi connectivity index (χ3n) is 4.64. The zero-order chi connectivity index (χ0) is 31.1. The van der Waals surface area contributed by atoms with Gasteiger partial charge < -0.3 is 32.1 Å². The van der Waals surface area contributed by atoms with E-state index in [1.165, 1.54) is 14.2 Å². The summed E-state index contributed by atoms with van der Waals surface area (Å²) in [5, 5.41) is 0.800. The number of esters is 2. The number of ether oxygens (including phenoxy) is 2. The predicted octanol–water partition coefficient (Wildman–Crippen LogP) is 7.93. The molecular formula is C28H43BrO10P2. The van der Waals surface area contributed by atoms with Crippen molar-refractivity contribution in [1.29, 1.82) is 0 Å². The van der Waals surface area contributed by atoms with Gasteiger partial charge >= 0.3 is 28.1 Å². The maximum atomic E-state index is 12.3. The molecule has 0 radical (unpaired) electrons. The second kappa shape index (κ2) is 23.8. The molecule has 0 fully saturated rings. The van der Waals surface area contributed by atoms with Gasteiger partial charge in [0.2, 0.25) is 0 Å².